The van der Waals surface area contributed by atoms with Gasteiger partial charge in [0, 0.05) is 24.3 Å². The number of esters is 1. The largest absolute Gasteiger partial charge is 0.462 e. The monoisotopic (exact) mass is 543 g/mol. The quantitative estimate of drug-likeness (QED) is 0.128. The molecule has 1 aromatic rings. The van der Waals surface area contributed by atoms with E-state index in [4.69, 9.17) is 9.57 Å². The summed E-state index contributed by atoms with van der Waals surface area (Å²) in [6.07, 6.45) is 18.7. The minimum Gasteiger partial charge on any atom is -0.462 e. The molecule has 0 spiro atoms. The highest BCUT2D eigenvalue weighted by atomic mass is 16.7. The molecule has 1 saturated heterocycles. The smallest absolute Gasteiger partial charge is 0.306 e. The van der Waals surface area contributed by atoms with Gasteiger partial charge in [-0.25, -0.2) is 0 Å². The topological polar surface area (TPSA) is 38.8 Å². The Kier molecular flexibility index (Phi) is 15.1. The molecule has 1 aliphatic heterocycles. The van der Waals surface area contributed by atoms with Gasteiger partial charge in [-0.3, -0.25) is 9.63 Å². The van der Waals surface area contributed by atoms with Crippen LogP contribution in [-0.2, 0) is 14.4 Å². The molecular formula is C35H61NO3. The van der Waals surface area contributed by atoms with Crippen LogP contribution in [0.3, 0.4) is 0 Å². The molecule has 1 aromatic carbocycles. The zero-order valence-corrected chi connectivity index (χ0v) is 26.6. The summed E-state index contributed by atoms with van der Waals surface area (Å²) in [6, 6.07) is 10.6. The second-order valence-corrected chi connectivity index (χ2v) is 12.7. The van der Waals surface area contributed by atoms with Gasteiger partial charge in [0.25, 0.3) is 0 Å². The lowest BCUT2D eigenvalue weighted by Crippen LogP contribution is -2.68. The number of benzene rings is 1. The van der Waals surface area contributed by atoms with Crippen LogP contribution < -0.4 is 0 Å². The Labute approximate surface area is 241 Å². The van der Waals surface area contributed by atoms with Crippen LogP contribution in [-0.4, -0.2) is 28.7 Å². The van der Waals surface area contributed by atoms with Crippen LogP contribution in [0, 0.1) is 5.41 Å². The second-order valence-electron chi connectivity index (χ2n) is 12.7. The summed E-state index contributed by atoms with van der Waals surface area (Å²) in [7, 11) is 0. The molecule has 4 heteroatoms. The lowest BCUT2D eigenvalue weighted by Gasteiger charge is -2.60. The van der Waals surface area contributed by atoms with E-state index in [1.54, 1.807) is 0 Å². The van der Waals surface area contributed by atoms with Gasteiger partial charge in [-0.15, -0.1) is 0 Å². The maximum absolute atomic E-state index is 13.0. The highest BCUT2D eigenvalue weighted by Gasteiger charge is 2.57. The molecule has 1 aliphatic rings. The molecule has 0 bridgehead atoms. The van der Waals surface area contributed by atoms with E-state index >= 15 is 0 Å². The van der Waals surface area contributed by atoms with Crippen molar-refractivity contribution < 1.29 is 14.4 Å². The molecule has 0 N–H and O–H groups in total. The number of piperidine rings is 1. The molecule has 224 valence electrons. The third-order valence-electron chi connectivity index (χ3n) is 9.71. The van der Waals surface area contributed by atoms with Crippen molar-refractivity contribution in [1.82, 2.24) is 5.06 Å². The standard InChI is InChI=1S/C35H61NO3/c1-8-11-12-13-14-15-16-17-18-19-20-24-27-33(37)38-32-28-31(9-2)36(35(7,10-3)34(32,5)6)39-29(4)30-25-22-21-23-26-30/h21-23,25-26,29,31-32H,8-20,24,27-28H2,1-7H3. The Morgan fingerprint density at radius 3 is 1.92 bits per heavy atom. The molecule has 4 atom stereocenters. The molecule has 1 heterocycles. The van der Waals surface area contributed by atoms with Gasteiger partial charge in [0.05, 0.1) is 5.54 Å². The zero-order valence-electron chi connectivity index (χ0n) is 26.6. The van der Waals surface area contributed by atoms with Gasteiger partial charge in [-0.1, -0.05) is 136 Å². The molecule has 0 radical (unpaired) electrons. The first-order valence-corrected chi connectivity index (χ1v) is 16.4. The minimum absolute atomic E-state index is 0.0273. The normalized spacial score (nSPS) is 24.0. The molecule has 0 amide bonds. The average Bonchev–Trinajstić information content (AvgIpc) is 2.93. The number of nitrogens with zero attached hydrogens (tertiary/aromatic N) is 1. The van der Waals surface area contributed by atoms with Gasteiger partial charge in [0.15, 0.2) is 0 Å². The van der Waals surface area contributed by atoms with E-state index < -0.39 is 0 Å². The predicted molar refractivity (Wildman–Crippen MR) is 165 cm³/mol. The van der Waals surface area contributed by atoms with E-state index in [1.165, 1.54) is 69.8 Å². The highest BCUT2D eigenvalue weighted by molar-refractivity contribution is 5.69. The van der Waals surface area contributed by atoms with Crippen molar-refractivity contribution >= 4 is 5.97 Å². The third kappa shape index (κ3) is 9.88. The van der Waals surface area contributed by atoms with Crippen LogP contribution in [0.15, 0.2) is 30.3 Å². The van der Waals surface area contributed by atoms with Gasteiger partial charge in [0.1, 0.15) is 12.2 Å². The lowest BCUT2D eigenvalue weighted by atomic mass is 9.63. The maximum atomic E-state index is 13.0. The Hall–Kier alpha value is -1.39. The Morgan fingerprint density at radius 1 is 0.872 bits per heavy atom. The first kappa shape index (κ1) is 33.8. The van der Waals surface area contributed by atoms with Crippen LogP contribution in [0.4, 0.5) is 0 Å². The number of rotatable bonds is 19. The van der Waals surface area contributed by atoms with E-state index in [9.17, 15) is 4.79 Å². The van der Waals surface area contributed by atoms with Gasteiger partial charge >= 0.3 is 5.97 Å². The van der Waals surface area contributed by atoms with E-state index in [2.05, 4.69) is 77.8 Å². The highest BCUT2D eigenvalue weighted by Crippen LogP contribution is 2.50. The molecule has 4 unspecified atom stereocenters. The summed E-state index contributed by atoms with van der Waals surface area (Å²) in [5.41, 5.74) is 0.686. The van der Waals surface area contributed by atoms with Crippen LogP contribution >= 0.6 is 0 Å². The van der Waals surface area contributed by atoms with Crippen molar-refractivity contribution in [2.24, 2.45) is 5.41 Å². The van der Waals surface area contributed by atoms with Crippen LogP contribution in [0.1, 0.15) is 163 Å². The van der Waals surface area contributed by atoms with Gasteiger partial charge in [-0.2, -0.15) is 5.06 Å². The van der Waals surface area contributed by atoms with E-state index in [0.29, 0.717) is 6.42 Å². The average molecular weight is 544 g/mol. The van der Waals surface area contributed by atoms with Crippen molar-refractivity contribution in [2.75, 3.05) is 0 Å². The fraction of sp³-hybridized carbons (Fsp3) is 0.800. The maximum Gasteiger partial charge on any atom is 0.306 e. The minimum atomic E-state index is -0.254. The third-order valence-corrected chi connectivity index (χ3v) is 9.71. The number of carbonyl (C=O) groups excluding carboxylic acids is 1. The summed E-state index contributed by atoms with van der Waals surface area (Å²) >= 11 is 0. The summed E-state index contributed by atoms with van der Waals surface area (Å²) < 4.78 is 6.25. The molecule has 1 fully saturated rings. The van der Waals surface area contributed by atoms with Crippen molar-refractivity contribution in [2.45, 2.75) is 175 Å². The molecule has 0 aromatic heterocycles. The Bertz CT molecular complexity index is 794. The first-order chi connectivity index (χ1) is 18.7. The predicted octanol–water partition coefficient (Wildman–Crippen LogP) is 10.4. The van der Waals surface area contributed by atoms with E-state index in [1.807, 2.05) is 6.07 Å². The molecule has 2 rings (SSSR count). The molecule has 0 aliphatic carbocycles. The van der Waals surface area contributed by atoms with Crippen LogP contribution in [0.25, 0.3) is 0 Å². The number of carbonyl (C=O) groups is 1. The van der Waals surface area contributed by atoms with Crippen molar-refractivity contribution in [3.63, 3.8) is 0 Å². The fourth-order valence-corrected chi connectivity index (χ4v) is 6.30. The summed E-state index contributed by atoms with van der Waals surface area (Å²) in [4.78, 5) is 19.7. The molecule has 0 saturated carbocycles. The van der Waals surface area contributed by atoms with Gasteiger partial charge in [0.2, 0.25) is 0 Å². The molecular weight excluding hydrogens is 482 g/mol. The SMILES string of the molecule is CCCCCCCCCCCCCCC(=O)OC1CC(CC)N(OC(C)c2ccccc2)C(C)(CC)C1(C)C. The van der Waals surface area contributed by atoms with Crippen molar-refractivity contribution in [1.29, 1.82) is 0 Å². The Balaban J connectivity index is 1.82. The van der Waals surface area contributed by atoms with Crippen LogP contribution in [0.5, 0.6) is 0 Å². The number of hydroxylamine groups is 2. The lowest BCUT2D eigenvalue weighted by molar-refractivity contribution is -0.327. The zero-order chi connectivity index (χ0) is 28.7. The summed E-state index contributed by atoms with van der Waals surface area (Å²) in [6.45, 7) is 15.7. The van der Waals surface area contributed by atoms with E-state index in [0.717, 1.165) is 32.1 Å². The summed E-state index contributed by atoms with van der Waals surface area (Å²) in [5, 5.41) is 2.26. The number of ether oxygens (including phenoxy) is 1. The van der Waals surface area contributed by atoms with Crippen molar-refractivity contribution in [3.8, 4) is 0 Å². The molecule has 4 nitrogen and oxygen atoms in total. The van der Waals surface area contributed by atoms with Gasteiger partial charge < -0.3 is 4.74 Å². The summed E-state index contributed by atoms with van der Waals surface area (Å²) in [5.74, 6) is -0.0273. The van der Waals surface area contributed by atoms with Gasteiger partial charge in [-0.05, 0) is 38.7 Å². The molecule has 39 heavy (non-hydrogen) atoms. The van der Waals surface area contributed by atoms with E-state index in [-0.39, 0.29) is 35.2 Å². The fourth-order valence-electron chi connectivity index (χ4n) is 6.30. The van der Waals surface area contributed by atoms with Crippen molar-refractivity contribution in [3.05, 3.63) is 35.9 Å². The number of hydrogen-bond donors (Lipinski definition) is 0. The first-order valence-electron chi connectivity index (χ1n) is 16.4. The second kappa shape index (κ2) is 17.4. The number of hydrogen-bond acceptors (Lipinski definition) is 4. The van der Waals surface area contributed by atoms with Crippen LogP contribution in [0.2, 0.25) is 0 Å². The number of unbranched alkanes of at least 4 members (excludes halogenated alkanes) is 11. The Morgan fingerprint density at radius 2 is 1.41 bits per heavy atom.